The van der Waals surface area contributed by atoms with E-state index in [1.807, 2.05) is 0 Å². The number of hydrogen-bond donors (Lipinski definition) is 4. The Hall–Kier alpha value is -1.74. The molecule has 0 aromatic carbocycles. The molecule has 8 nitrogen and oxygen atoms in total. The zero-order valence-electron chi connectivity index (χ0n) is 10.7. The van der Waals surface area contributed by atoms with Gasteiger partial charge in [0.25, 0.3) is 0 Å². The van der Waals surface area contributed by atoms with Crippen LogP contribution < -0.4 is 11.4 Å². The standard InChI is InChI=1S/C12H17N3O5/c1-2-4-12(6-16)9(18)8(17)10(20-12)15-5-3-7(13)14-11(15)19/h2-3,5,8-10,16-18H,1,4,6H2,(H2,13,14,19)/t8?,9?,10-,12-/m1/s1. The quantitative estimate of drug-likeness (QED) is 0.488. The van der Waals surface area contributed by atoms with Gasteiger partial charge < -0.3 is 25.8 Å². The summed E-state index contributed by atoms with van der Waals surface area (Å²) in [6.45, 7) is 3.00. The maximum atomic E-state index is 11.8. The fourth-order valence-corrected chi connectivity index (χ4v) is 2.30. The molecule has 1 aromatic heterocycles. The van der Waals surface area contributed by atoms with Gasteiger partial charge in [-0.3, -0.25) is 4.57 Å². The molecule has 0 aliphatic carbocycles. The lowest BCUT2D eigenvalue weighted by molar-refractivity contribution is -0.127. The molecule has 1 aromatic rings. The van der Waals surface area contributed by atoms with Crippen LogP contribution in [0.2, 0.25) is 0 Å². The average molecular weight is 283 g/mol. The van der Waals surface area contributed by atoms with E-state index in [1.165, 1.54) is 18.3 Å². The molecule has 2 heterocycles. The molecule has 2 rings (SSSR count). The van der Waals surface area contributed by atoms with Crippen molar-refractivity contribution < 1.29 is 20.1 Å². The number of nitrogen functional groups attached to an aromatic ring is 1. The Morgan fingerprint density at radius 1 is 1.60 bits per heavy atom. The first-order valence-corrected chi connectivity index (χ1v) is 6.05. The summed E-state index contributed by atoms with van der Waals surface area (Å²) in [5, 5.41) is 29.6. The molecule has 2 unspecified atom stereocenters. The zero-order valence-corrected chi connectivity index (χ0v) is 10.7. The monoisotopic (exact) mass is 283 g/mol. The third-order valence-electron chi connectivity index (χ3n) is 3.39. The van der Waals surface area contributed by atoms with Gasteiger partial charge in [-0.1, -0.05) is 6.08 Å². The summed E-state index contributed by atoms with van der Waals surface area (Å²) in [5.74, 6) is 0.0406. The minimum absolute atomic E-state index is 0.0406. The summed E-state index contributed by atoms with van der Waals surface area (Å²) < 4.78 is 6.55. The van der Waals surface area contributed by atoms with Crippen molar-refractivity contribution in [3.05, 3.63) is 35.4 Å². The first-order valence-electron chi connectivity index (χ1n) is 6.05. The molecule has 110 valence electrons. The molecule has 0 amide bonds. The summed E-state index contributed by atoms with van der Waals surface area (Å²) in [5.41, 5.74) is 3.27. The third-order valence-corrected chi connectivity index (χ3v) is 3.39. The fourth-order valence-electron chi connectivity index (χ4n) is 2.30. The minimum atomic E-state index is -1.40. The Morgan fingerprint density at radius 3 is 2.85 bits per heavy atom. The van der Waals surface area contributed by atoms with E-state index >= 15 is 0 Å². The van der Waals surface area contributed by atoms with E-state index in [4.69, 9.17) is 10.5 Å². The number of nitrogens with zero attached hydrogens (tertiary/aromatic N) is 2. The normalized spacial score (nSPS) is 33.2. The molecule has 0 radical (unpaired) electrons. The van der Waals surface area contributed by atoms with Crippen LogP contribution in [-0.4, -0.2) is 49.3 Å². The molecule has 1 fully saturated rings. The summed E-state index contributed by atoms with van der Waals surface area (Å²) >= 11 is 0. The SMILES string of the molecule is C=CC[C@]1(CO)O[C@@H](n2ccc(N)nc2=O)C(O)C1O. The van der Waals surface area contributed by atoms with E-state index in [1.54, 1.807) is 0 Å². The van der Waals surface area contributed by atoms with Crippen molar-refractivity contribution in [2.45, 2.75) is 30.5 Å². The first kappa shape index (κ1) is 14.7. The lowest BCUT2D eigenvalue weighted by Crippen LogP contribution is -2.45. The summed E-state index contributed by atoms with van der Waals surface area (Å²) in [6, 6.07) is 1.37. The van der Waals surface area contributed by atoms with Crippen molar-refractivity contribution in [2.75, 3.05) is 12.3 Å². The molecular weight excluding hydrogens is 266 g/mol. The summed E-state index contributed by atoms with van der Waals surface area (Å²) in [6.07, 6.45) is -1.01. The second-order valence-corrected chi connectivity index (χ2v) is 4.70. The Balaban J connectivity index is 2.39. The van der Waals surface area contributed by atoms with Gasteiger partial charge in [0, 0.05) is 6.20 Å². The summed E-state index contributed by atoms with van der Waals surface area (Å²) in [7, 11) is 0. The van der Waals surface area contributed by atoms with Crippen LogP contribution in [0, 0.1) is 0 Å². The highest BCUT2D eigenvalue weighted by Gasteiger charge is 2.54. The number of nitrogens with two attached hydrogens (primary N) is 1. The van der Waals surface area contributed by atoms with E-state index in [2.05, 4.69) is 11.6 Å². The predicted molar refractivity (Wildman–Crippen MR) is 69.7 cm³/mol. The average Bonchev–Trinajstić information content (AvgIpc) is 2.65. The van der Waals surface area contributed by atoms with Crippen LogP contribution in [0.25, 0.3) is 0 Å². The van der Waals surface area contributed by atoms with E-state index in [0.717, 1.165) is 4.57 Å². The first-order chi connectivity index (χ1) is 9.45. The van der Waals surface area contributed by atoms with Gasteiger partial charge in [0.1, 0.15) is 23.6 Å². The van der Waals surface area contributed by atoms with Crippen LogP contribution in [0.4, 0.5) is 5.82 Å². The van der Waals surface area contributed by atoms with Crippen LogP contribution in [0.3, 0.4) is 0 Å². The number of rotatable bonds is 4. The largest absolute Gasteiger partial charge is 0.393 e. The number of aliphatic hydroxyl groups excluding tert-OH is 3. The topological polar surface area (TPSA) is 131 Å². The molecular formula is C12H17N3O5. The summed E-state index contributed by atoms with van der Waals surface area (Å²) in [4.78, 5) is 15.3. The van der Waals surface area contributed by atoms with Gasteiger partial charge in [-0.25, -0.2) is 4.79 Å². The molecule has 0 spiro atoms. The molecule has 1 aliphatic heterocycles. The Labute approximate surface area is 114 Å². The number of aromatic nitrogens is 2. The third kappa shape index (κ3) is 2.22. The number of ether oxygens (including phenoxy) is 1. The maximum Gasteiger partial charge on any atom is 0.351 e. The number of aliphatic hydroxyl groups is 3. The fraction of sp³-hybridized carbons (Fsp3) is 0.500. The Morgan fingerprint density at radius 2 is 2.30 bits per heavy atom. The van der Waals surface area contributed by atoms with Gasteiger partial charge in [0.15, 0.2) is 6.23 Å². The molecule has 20 heavy (non-hydrogen) atoms. The molecule has 5 N–H and O–H groups in total. The van der Waals surface area contributed by atoms with Crippen LogP contribution in [0.1, 0.15) is 12.6 Å². The van der Waals surface area contributed by atoms with Crippen molar-refractivity contribution in [2.24, 2.45) is 0 Å². The number of anilines is 1. The Bertz CT molecular complexity index is 560. The van der Waals surface area contributed by atoms with Gasteiger partial charge in [-0.05, 0) is 12.5 Å². The zero-order chi connectivity index (χ0) is 14.9. The van der Waals surface area contributed by atoms with E-state index in [9.17, 15) is 20.1 Å². The van der Waals surface area contributed by atoms with E-state index in [-0.39, 0.29) is 12.2 Å². The second kappa shape index (κ2) is 5.33. The molecule has 4 atom stereocenters. The van der Waals surface area contributed by atoms with Crippen LogP contribution in [0.5, 0.6) is 0 Å². The van der Waals surface area contributed by atoms with Crippen LogP contribution in [0.15, 0.2) is 29.7 Å². The Kier molecular flexibility index (Phi) is 3.91. The van der Waals surface area contributed by atoms with Crippen molar-refractivity contribution in [3.8, 4) is 0 Å². The lowest BCUT2D eigenvalue weighted by Gasteiger charge is -2.28. The molecule has 0 saturated carbocycles. The minimum Gasteiger partial charge on any atom is -0.393 e. The highest BCUT2D eigenvalue weighted by atomic mass is 16.6. The maximum absolute atomic E-state index is 11.8. The highest BCUT2D eigenvalue weighted by Crippen LogP contribution is 2.38. The smallest absolute Gasteiger partial charge is 0.351 e. The van der Waals surface area contributed by atoms with Gasteiger partial charge in [0.05, 0.1) is 6.61 Å². The molecule has 1 aliphatic rings. The van der Waals surface area contributed by atoms with E-state index < -0.39 is 36.3 Å². The van der Waals surface area contributed by atoms with Crippen LogP contribution in [-0.2, 0) is 4.74 Å². The van der Waals surface area contributed by atoms with Crippen molar-refractivity contribution in [1.82, 2.24) is 9.55 Å². The van der Waals surface area contributed by atoms with E-state index in [0.29, 0.717) is 0 Å². The highest BCUT2D eigenvalue weighted by molar-refractivity contribution is 5.23. The van der Waals surface area contributed by atoms with Gasteiger partial charge in [-0.2, -0.15) is 4.98 Å². The molecule has 1 saturated heterocycles. The lowest BCUT2D eigenvalue weighted by atomic mass is 9.92. The van der Waals surface area contributed by atoms with Crippen molar-refractivity contribution >= 4 is 5.82 Å². The predicted octanol–water partition coefficient (Wildman–Crippen LogP) is -1.62. The van der Waals surface area contributed by atoms with Gasteiger partial charge in [-0.15, -0.1) is 6.58 Å². The van der Waals surface area contributed by atoms with Crippen LogP contribution >= 0.6 is 0 Å². The molecule has 0 bridgehead atoms. The van der Waals surface area contributed by atoms with Crippen molar-refractivity contribution in [3.63, 3.8) is 0 Å². The van der Waals surface area contributed by atoms with Crippen molar-refractivity contribution in [1.29, 1.82) is 0 Å². The molecule has 8 heteroatoms. The van der Waals surface area contributed by atoms with Gasteiger partial charge >= 0.3 is 5.69 Å². The number of hydrogen-bond acceptors (Lipinski definition) is 7. The second-order valence-electron chi connectivity index (χ2n) is 4.70. The van der Waals surface area contributed by atoms with Gasteiger partial charge in [0.2, 0.25) is 0 Å².